The Morgan fingerprint density at radius 2 is 1.72 bits per heavy atom. The van der Waals surface area contributed by atoms with Crippen molar-refractivity contribution in [3.05, 3.63) is 94.6 Å². The van der Waals surface area contributed by atoms with E-state index in [9.17, 15) is 9.18 Å². The summed E-state index contributed by atoms with van der Waals surface area (Å²) in [6, 6.07) is 18.4. The van der Waals surface area contributed by atoms with Crippen LogP contribution < -0.4 is 5.32 Å². The van der Waals surface area contributed by atoms with E-state index in [0.717, 1.165) is 16.8 Å². The Bertz CT molecular complexity index is 884. The van der Waals surface area contributed by atoms with Crippen LogP contribution in [0.25, 0.3) is 0 Å². The third kappa shape index (κ3) is 3.79. The van der Waals surface area contributed by atoms with E-state index < -0.39 is 0 Å². The lowest BCUT2D eigenvalue weighted by Gasteiger charge is -2.13. The van der Waals surface area contributed by atoms with Gasteiger partial charge in [0.05, 0.1) is 6.54 Å². The van der Waals surface area contributed by atoms with Crippen molar-refractivity contribution in [1.29, 1.82) is 0 Å². The maximum atomic E-state index is 14.0. The second-order valence-electron chi connectivity index (χ2n) is 6.16. The van der Waals surface area contributed by atoms with Gasteiger partial charge in [0.2, 0.25) is 0 Å². The number of hydrogen-bond acceptors (Lipinski definition) is 1. The normalized spacial score (nSPS) is 10.7. The van der Waals surface area contributed by atoms with Gasteiger partial charge in [0, 0.05) is 17.8 Å². The van der Waals surface area contributed by atoms with Gasteiger partial charge in [-0.15, -0.1) is 0 Å². The summed E-state index contributed by atoms with van der Waals surface area (Å²) >= 11 is 0. The van der Waals surface area contributed by atoms with Crippen molar-refractivity contribution < 1.29 is 9.18 Å². The maximum Gasteiger partial charge on any atom is 0.268 e. The molecule has 1 N–H and O–H groups in total. The van der Waals surface area contributed by atoms with E-state index in [1.165, 1.54) is 6.07 Å². The van der Waals surface area contributed by atoms with Gasteiger partial charge in [0.25, 0.3) is 5.91 Å². The average Bonchev–Trinajstić information content (AvgIpc) is 2.89. The number of aryl methyl sites for hydroxylation is 2. The standard InChI is InChI=1S/C21H21FN2O/c1-15-12-16(2)24(14-18-10-6-7-11-19(18)22)20(15)21(25)23-13-17-8-4-3-5-9-17/h3-12H,13-14H2,1-2H3,(H,23,25). The summed E-state index contributed by atoms with van der Waals surface area (Å²) in [4.78, 5) is 12.7. The maximum absolute atomic E-state index is 14.0. The molecule has 1 amide bonds. The van der Waals surface area contributed by atoms with Gasteiger partial charge < -0.3 is 9.88 Å². The number of amides is 1. The van der Waals surface area contributed by atoms with E-state index in [-0.39, 0.29) is 11.7 Å². The molecule has 0 saturated carbocycles. The van der Waals surface area contributed by atoms with E-state index in [1.54, 1.807) is 18.2 Å². The molecule has 1 aromatic heterocycles. The summed E-state index contributed by atoms with van der Waals surface area (Å²) in [5.41, 5.74) is 4.01. The van der Waals surface area contributed by atoms with E-state index >= 15 is 0 Å². The van der Waals surface area contributed by atoms with Crippen molar-refractivity contribution in [2.75, 3.05) is 0 Å². The molecule has 128 valence electrons. The van der Waals surface area contributed by atoms with Crippen LogP contribution in [0.4, 0.5) is 4.39 Å². The van der Waals surface area contributed by atoms with Gasteiger partial charge in [-0.05, 0) is 37.1 Å². The van der Waals surface area contributed by atoms with Crippen LogP contribution in [0.15, 0.2) is 60.7 Å². The van der Waals surface area contributed by atoms with Crippen LogP contribution in [0.2, 0.25) is 0 Å². The number of halogens is 1. The molecule has 0 radical (unpaired) electrons. The van der Waals surface area contributed by atoms with Gasteiger partial charge in [-0.3, -0.25) is 4.79 Å². The first-order valence-corrected chi connectivity index (χ1v) is 8.28. The monoisotopic (exact) mass is 336 g/mol. The Hall–Kier alpha value is -2.88. The molecule has 0 atom stereocenters. The van der Waals surface area contributed by atoms with Crippen LogP contribution in [-0.4, -0.2) is 10.5 Å². The highest BCUT2D eigenvalue weighted by Crippen LogP contribution is 2.18. The number of carbonyl (C=O) groups excluding carboxylic acids is 1. The highest BCUT2D eigenvalue weighted by molar-refractivity contribution is 5.94. The quantitative estimate of drug-likeness (QED) is 0.743. The van der Waals surface area contributed by atoms with Gasteiger partial charge in [-0.1, -0.05) is 48.5 Å². The minimum absolute atomic E-state index is 0.147. The highest BCUT2D eigenvalue weighted by Gasteiger charge is 2.18. The molecule has 0 fully saturated rings. The number of rotatable bonds is 5. The lowest BCUT2D eigenvalue weighted by Crippen LogP contribution is -2.26. The summed E-state index contributed by atoms with van der Waals surface area (Å²) < 4.78 is 15.9. The summed E-state index contributed by atoms with van der Waals surface area (Å²) in [6.07, 6.45) is 0. The van der Waals surface area contributed by atoms with Crippen molar-refractivity contribution in [1.82, 2.24) is 9.88 Å². The van der Waals surface area contributed by atoms with Crippen molar-refractivity contribution in [3.8, 4) is 0 Å². The highest BCUT2D eigenvalue weighted by atomic mass is 19.1. The molecule has 0 unspecified atom stereocenters. The third-order valence-electron chi connectivity index (χ3n) is 4.29. The molecule has 0 bridgehead atoms. The van der Waals surface area contributed by atoms with Crippen molar-refractivity contribution in [2.24, 2.45) is 0 Å². The SMILES string of the molecule is Cc1cc(C)n(Cc2ccccc2F)c1C(=O)NCc1ccccc1. The van der Waals surface area contributed by atoms with Crippen molar-refractivity contribution in [2.45, 2.75) is 26.9 Å². The lowest BCUT2D eigenvalue weighted by molar-refractivity contribution is 0.0941. The predicted molar refractivity (Wildman–Crippen MR) is 97.0 cm³/mol. The molecular weight excluding hydrogens is 315 g/mol. The zero-order valence-electron chi connectivity index (χ0n) is 14.4. The molecule has 4 heteroatoms. The fraction of sp³-hybridized carbons (Fsp3) is 0.190. The third-order valence-corrected chi connectivity index (χ3v) is 4.29. The fourth-order valence-electron chi connectivity index (χ4n) is 3.01. The summed E-state index contributed by atoms with van der Waals surface area (Å²) in [5.74, 6) is -0.408. The number of hydrogen-bond donors (Lipinski definition) is 1. The minimum atomic E-state index is -0.260. The number of nitrogens with zero attached hydrogens (tertiary/aromatic N) is 1. The molecule has 0 aliphatic carbocycles. The van der Waals surface area contributed by atoms with Gasteiger partial charge in [0.15, 0.2) is 0 Å². The van der Waals surface area contributed by atoms with E-state index in [4.69, 9.17) is 0 Å². The Balaban J connectivity index is 1.83. The van der Waals surface area contributed by atoms with Crippen LogP contribution in [0, 0.1) is 19.7 Å². The minimum Gasteiger partial charge on any atom is -0.347 e. The van der Waals surface area contributed by atoms with Crippen molar-refractivity contribution >= 4 is 5.91 Å². The summed E-state index contributed by atoms with van der Waals surface area (Å²) in [5, 5.41) is 2.96. The summed E-state index contributed by atoms with van der Waals surface area (Å²) in [6.45, 7) is 4.63. The van der Waals surface area contributed by atoms with Gasteiger partial charge in [-0.2, -0.15) is 0 Å². The Kier molecular flexibility index (Phi) is 4.98. The largest absolute Gasteiger partial charge is 0.347 e. The molecule has 25 heavy (non-hydrogen) atoms. The van der Waals surface area contributed by atoms with E-state index in [1.807, 2.05) is 54.8 Å². The molecule has 0 saturated heterocycles. The molecule has 2 aromatic carbocycles. The van der Waals surface area contributed by atoms with Crippen LogP contribution in [0.5, 0.6) is 0 Å². The molecule has 3 aromatic rings. The smallest absolute Gasteiger partial charge is 0.268 e. The summed E-state index contributed by atoms with van der Waals surface area (Å²) in [7, 11) is 0. The first-order valence-electron chi connectivity index (χ1n) is 8.28. The first kappa shape index (κ1) is 17.0. The Morgan fingerprint density at radius 1 is 1.04 bits per heavy atom. The van der Waals surface area contributed by atoms with Crippen LogP contribution in [0.3, 0.4) is 0 Å². The average molecular weight is 336 g/mol. The Morgan fingerprint density at radius 3 is 2.44 bits per heavy atom. The Labute approximate surface area is 147 Å². The van der Waals surface area contributed by atoms with Crippen molar-refractivity contribution in [3.63, 3.8) is 0 Å². The van der Waals surface area contributed by atoms with E-state index in [0.29, 0.717) is 24.3 Å². The van der Waals surface area contributed by atoms with Gasteiger partial charge in [-0.25, -0.2) is 4.39 Å². The molecule has 0 aliphatic rings. The number of benzene rings is 2. The van der Waals surface area contributed by atoms with Gasteiger partial charge in [0.1, 0.15) is 11.5 Å². The van der Waals surface area contributed by atoms with Gasteiger partial charge >= 0.3 is 0 Å². The number of aromatic nitrogens is 1. The van der Waals surface area contributed by atoms with Crippen LogP contribution in [-0.2, 0) is 13.1 Å². The fourth-order valence-corrected chi connectivity index (χ4v) is 3.01. The molecular formula is C21H21FN2O. The second-order valence-corrected chi connectivity index (χ2v) is 6.16. The second kappa shape index (κ2) is 7.34. The molecule has 3 nitrogen and oxygen atoms in total. The number of carbonyl (C=O) groups is 1. The first-order chi connectivity index (χ1) is 12.1. The zero-order chi connectivity index (χ0) is 17.8. The van der Waals surface area contributed by atoms with Crippen LogP contribution >= 0.6 is 0 Å². The molecule has 0 spiro atoms. The zero-order valence-corrected chi connectivity index (χ0v) is 14.4. The molecule has 0 aliphatic heterocycles. The van der Waals surface area contributed by atoms with E-state index in [2.05, 4.69) is 5.32 Å². The molecule has 3 rings (SSSR count). The predicted octanol–water partition coefficient (Wildman–Crippen LogP) is 4.22. The molecule has 1 heterocycles. The van der Waals surface area contributed by atoms with Crippen LogP contribution in [0.1, 0.15) is 32.9 Å². The number of nitrogens with one attached hydrogen (secondary N) is 1. The lowest BCUT2D eigenvalue weighted by atomic mass is 10.2. The topological polar surface area (TPSA) is 34.0 Å².